The normalized spacial score (nSPS) is 17.6. The highest BCUT2D eigenvalue weighted by Gasteiger charge is 2.35. The summed E-state index contributed by atoms with van der Waals surface area (Å²) in [5.41, 5.74) is 1.14. The van der Waals surface area contributed by atoms with Crippen LogP contribution in [0.4, 0.5) is 5.69 Å². The molecule has 2 fully saturated rings. The lowest BCUT2D eigenvalue weighted by molar-refractivity contribution is -0.134. The van der Waals surface area contributed by atoms with Gasteiger partial charge in [0.2, 0.25) is 23.4 Å². The Labute approximate surface area is 184 Å². The van der Waals surface area contributed by atoms with Crippen molar-refractivity contribution in [1.29, 1.82) is 0 Å². The molecule has 2 aromatic heterocycles. The number of benzene rings is 1. The molecule has 2 aliphatic rings. The molecule has 31 heavy (non-hydrogen) atoms. The van der Waals surface area contributed by atoms with Gasteiger partial charge >= 0.3 is 0 Å². The number of piperazine rings is 1. The third kappa shape index (κ3) is 4.38. The maximum Gasteiger partial charge on any atom is 0.240 e. The molecule has 0 spiro atoms. The first-order valence-corrected chi connectivity index (χ1v) is 10.6. The van der Waals surface area contributed by atoms with Gasteiger partial charge in [0.05, 0.1) is 12.5 Å². The number of likely N-dealkylation sites (tertiary alicyclic amines) is 1. The SMILES string of the molecule is O=C(CN1CC(c2nc(-c3ncccn3)no2)C1)N1CCN(c2ccc(Cl)cc2)CC1. The topological polar surface area (TPSA) is 91.5 Å². The lowest BCUT2D eigenvalue weighted by Gasteiger charge is -2.40. The summed E-state index contributed by atoms with van der Waals surface area (Å²) in [5, 5.41) is 4.70. The van der Waals surface area contributed by atoms with Crippen LogP contribution >= 0.6 is 11.6 Å². The zero-order valence-corrected chi connectivity index (χ0v) is 17.6. The molecule has 3 aromatic rings. The largest absolute Gasteiger partial charge is 0.368 e. The molecule has 0 saturated carbocycles. The van der Waals surface area contributed by atoms with Gasteiger partial charge in [-0.3, -0.25) is 9.69 Å². The van der Waals surface area contributed by atoms with Crippen molar-refractivity contribution in [3.05, 3.63) is 53.6 Å². The lowest BCUT2D eigenvalue weighted by atomic mass is 10.0. The average Bonchev–Trinajstić information content (AvgIpc) is 3.27. The Morgan fingerprint density at radius 1 is 1.03 bits per heavy atom. The van der Waals surface area contributed by atoms with E-state index >= 15 is 0 Å². The quantitative estimate of drug-likeness (QED) is 0.595. The molecule has 9 nitrogen and oxygen atoms in total. The van der Waals surface area contributed by atoms with Crippen molar-refractivity contribution in [3.8, 4) is 11.6 Å². The number of amides is 1. The predicted octanol–water partition coefficient (Wildman–Crippen LogP) is 1.93. The van der Waals surface area contributed by atoms with Gasteiger partial charge in [0.1, 0.15) is 0 Å². The van der Waals surface area contributed by atoms with Crippen molar-refractivity contribution in [2.24, 2.45) is 0 Å². The van der Waals surface area contributed by atoms with Crippen LogP contribution < -0.4 is 4.90 Å². The van der Waals surface area contributed by atoms with Crippen molar-refractivity contribution < 1.29 is 9.32 Å². The van der Waals surface area contributed by atoms with E-state index in [9.17, 15) is 4.79 Å². The molecule has 0 unspecified atom stereocenters. The maximum atomic E-state index is 12.7. The minimum absolute atomic E-state index is 0.138. The standard InChI is InChI=1S/C21H22ClN7O2/c22-16-2-4-17(5-3-16)28-8-10-29(11-9-28)18(30)14-27-12-15(13-27)21-25-20(26-31-21)19-23-6-1-7-24-19/h1-7,15H,8-14H2. The van der Waals surface area contributed by atoms with Crippen molar-refractivity contribution in [2.45, 2.75) is 5.92 Å². The fourth-order valence-electron chi connectivity index (χ4n) is 3.92. The van der Waals surface area contributed by atoms with Gasteiger partial charge in [-0.05, 0) is 30.3 Å². The second kappa shape index (κ2) is 8.60. The number of carbonyl (C=O) groups excluding carboxylic acids is 1. The number of halogens is 1. The van der Waals surface area contributed by atoms with E-state index in [0.29, 0.717) is 24.1 Å². The summed E-state index contributed by atoms with van der Waals surface area (Å²) < 4.78 is 5.38. The molecule has 0 radical (unpaired) electrons. The smallest absolute Gasteiger partial charge is 0.240 e. The van der Waals surface area contributed by atoms with Gasteiger partial charge in [0.25, 0.3) is 0 Å². The first kappa shape index (κ1) is 19.9. The Balaban J connectivity index is 1.08. The van der Waals surface area contributed by atoms with Crippen LogP contribution in [-0.4, -0.2) is 81.6 Å². The summed E-state index contributed by atoms with van der Waals surface area (Å²) in [6.07, 6.45) is 3.29. The molecular weight excluding hydrogens is 418 g/mol. The molecule has 2 saturated heterocycles. The monoisotopic (exact) mass is 439 g/mol. The highest BCUT2D eigenvalue weighted by atomic mass is 35.5. The second-order valence-corrected chi connectivity index (χ2v) is 8.20. The molecule has 4 heterocycles. The minimum atomic E-state index is 0.138. The lowest BCUT2D eigenvalue weighted by Crippen LogP contribution is -2.54. The van der Waals surface area contributed by atoms with E-state index < -0.39 is 0 Å². The van der Waals surface area contributed by atoms with E-state index in [1.165, 1.54) is 0 Å². The summed E-state index contributed by atoms with van der Waals surface area (Å²) in [6.45, 7) is 4.97. The molecule has 0 bridgehead atoms. The number of carbonyl (C=O) groups is 1. The van der Waals surface area contributed by atoms with Crippen molar-refractivity contribution >= 4 is 23.2 Å². The fourth-order valence-corrected chi connectivity index (χ4v) is 4.04. The van der Waals surface area contributed by atoms with E-state index in [-0.39, 0.29) is 11.8 Å². The number of hydrogen-bond donors (Lipinski definition) is 0. The summed E-state index contributed by atoms with van der Waals surface area (Å²) in [7, 11) is 0. The van der Waals surface area contributed by atoms with Gasteiger partial charge in [-0.2, -0.15) is 4.98 Å². The first-order chi connectivity index (χ1) is 15.2. The summed E-state index contributed by atoms with van der Waals surface area (Å²) >= 11 is 5.97. The van der Waals surface area contributed by atoms with Crippen molar-refractivity contribution in [3.63, 3.8) is 0 Å². The zero-order chi connectivity index (χ0) is 21.2. The summed E-state index contributed by atoms with van der Waals surface area (Å²) in [5.74, 6) is 1.71. The van der Waals surface area contributed by atoms with Crippen LogP contribution in [0.15, 0.2) is 47.2 Å². The molecule has 1 amide bonds. The van der Waals surface area contributed by atoms with Gasteiger partial charge < -0.3 is 14.3 Å². The van der Waals surface area contributed by atoms with Gasteiger partial charge in [0.15, 0.2) is 0 Å². The van der Waals surface area contributed by atoms with Crippen LogP contribution in [0.2, 0.25) is 5.02 Å². The fraction of sp³-hybridized carbons (Fsp3) is 0.381. The average molecular weight is 440 g/mol. The summed E-state index contributed by atoms with van der Waals surface area (Å²) in [4.78, 5) is 31.7. The molecular formula is C21H22ClN7O2. The van der Waals surface area contributed by atoms with Crippen LogP contribution in [0.5, 0.6) is 0 Å². The van der Waals surface area contributed by atoms with E-state index in [1.807, 2.05) is 29.2 Å². The molecule has 0 aliphatic carbocycles. The van der Waals surface area contributed by atoms with Crippen LogP contribution in [0, 0.1) is 0 Å². The van der Waals surface area contributed by atoms with Crippen LogP contribution in [-0.2, 0) is 4.79 Å². The molecule has 0 atom stereocenters. The predicted molar refractivity (Wildman–Crippen MR) is 115 cm³/mol. The number of nitrogens with zero attached hydrogens (tertiary/aromatic N) is 7. The third-order valence-corrected chi connectivity index (χ3v) is 5.95. The maximum absolute atomic E-state index is 12.7. The molecule has 5 rings (SSSR count). The Hall–Kier alpha value is -3.04. The molecule has 2 aliphatic heterocycles. The van der Waals surface area contributed by atoms with Crippen LogP contribution in [0.25, 0.3) is 11.6 Å². The van der Waals surface area contributed by atoms with Gasteiger partial charge in [-0.15, -0.1) is 0 Å². The number of aromatic nitrogens is 4. The molecule has 0 N–H and O–H groups in total. The number of hydrogen-bond acceptors (Lipinski definition) is 8. The summed E-state index contributed by atoms with van der Waals surface area (Å²) in [6, 6.07) is 9.57. The second-order valence-electron chi connectivity index (χ2n) is 7.76. The van der Waals surface area contributed by atoms with Gasteiger partial charge in [-0.1, -0.05) is 16.8 Å². The third-order valence-electron chi connectivity index (χ3n) is 5.70. The zero-order valence-electron chi connectivity index (χ0n) is 16.9. The molecule has 10 heteroatoms. The van der Waals surface area contributed by atoms with Crippen molar-refractivity contribution in [2.75, 3.05) is 50.7 Å². The minimum Gasteiger partial charge on any atom is -0.368 e. The van der Waals surface area contributed by atoms with E-state index in [4.69, 9.17) is 16.1 Å². The number of anilines is 1. The number of rotatable bonds is 5. The Bertz CT molecular complexity index is 1030. The van der Waals surface area contributed by atoms with Gasteiger partial charge in [-0.25, -0.2) is 9.97 Å². The van der Waals surface area contributed by atoms with Crippen LogP contribution in [0.3, 0.4) is 0 Å². The van der Waals surface area contributed by atoms with E-state index in [2.05, 4.69) is 29.9 Å². The van der Waals surface area contributed by atoms with E-state index in [0.717, 1.165) is 50.0 Å². The van der Waals surface area contributed by atoms with Crippen LogP contribution in [0.1, 0.15) is 11.8 Å². The molecule has 1 aromatic carbocycles. The highest BCUT2D eigenvalue weighted by Crippen LogP contribution is 2.27. The first-order valence-electron chi connectivity index (χ1n) is 10.3. The van der Waals surface area contributed by atoms with Gasteiger partial charge in [0, 0.05) is 62.4 Å². The highest BCUT2D eigenvalue weighted by molar-refractivity contribution is 6.30. The molecule has 160 valence electrons. The Morgan fingerprint density at radius 3 is 2.45 bits per heavy atom. The van der Waals surface area contributed by atoms with Crippen molar-refractivity contribution in [1.82, 2.24) is 29.9 Å². The Kier molecular flexibility index (Phi) is 5.52. The Morgan fingerprint density at radius 2 is 1.74 bits per heavy atom. The van der Waals surface area contributed by atoms with E-state index in [1.54, 1.807) is 18.5 Å².